The Balaban J connectivity index is 2.02. The molecule has 1 aliphatic rings. The van der Waals surface area contributed by atoms with Gasteiger partial charge in [-0.15, -0.1) is 0 Å². The molecule has 0 atom stereocenters. The summed E-state index contributed by atoms with van der Waals surface area (Å²) in [6.45, 7) is 6.27. The fourth-order valence-corrected chi connectivity index (χ4v) is 3.89. The average Bonchev–Trinajstić information content (AvgIpc) is 2.55. The van der Waals surface area contributed by atoms with Gasteiger partial charge in [-0.2, -0.15) is 4.31 Å². The first-order valence-corrected chi connectivity index (χ1v) is 9.42. The minimum atomic E-state index is -3.29. The van der Waals surface area contributed by atoms with Gasteiger partial charge in [0.05, 0.1) is 23.7 Å². The molecule has 24 heavy (non-hydrogen) atoms. The van der Waals surface area contributed by atoms with Crippen molar-refractivity contribution in [3.63, 3.8) is 0 Å². The highest BCUT2D eigenvalue weighted by atomic mass is 32.2. The van der Waals surface area contributed by atoms with Gasteiger partial charge in [-0.3, -0.25) is 9.59 Å². The number of aromatic nitrogens is 2. The molecule has 1 aromatic heterocycles. The van der Waals surface area contributed by atoms with Crippen LogP contribution in [-0.4, -0.2) is 64.5 Å². The van der Waals surface area contributed by atoms with E-state index in [2.05, 4.69) is 4.98 Å². The molecule has 134 valence electrons. The Kier molecular flexibility index (Phi) is 5.44. The van der Waals surface area contributed by atoms with Gasteiger partial charge in [0.25, 0.3) is 5.56 Å². The molecule has 8 nitrogen and oxygen atoms in total. The molecule has 1 aliphatic heterocycles. The molecule has 0 N–H and O–H groups in total. The number of carbonyl (C=O) groups excluding carboxylic acids is 1. The van der Waals surface area contributed by atoms with Crippen LogP contribution in [0.3, 0.4) is 0 Å². The molecule has 9 heteroatoms. The third kappa shape index (κ3) is 3.67. The van der Waals surface area contributed by atoms with Gasteiger partial charge in [-0.1, -0.05) is 0 Å². The lowest BCUT2D eigenvalue weighted by Crippen LogP contribution is -2.52. The first-order valence-electron chi connectivity index (χ1n) is 7.92. The zero-order chi connectivity index (χ0) is 18.1. The summed E-state index contributed by atoms with van der Waals surface area (Å²) in [7, 11) is -1.67. The first kappa shape index (κ1) is 18.6. The third-order valence-corrected chi connectivity index (χ3v) is 6.60. The van der Waals surface area contributed by atoms with Crippen LogP contribution in [-0.2, 0) is 28.3 Å². The Morgan fingerprint density at radius 3 is 2.38 bits per heavy atom. The van der Waals surface area contributed by atoms with Crippen LogP contribution in [0, 0.1) is 6.92 Å². The number of nitrogens with zero attached hydrogens (tertiary/aromatic N) is 4. The Labute approximate surface area is 142 Å². The van der Waals surface area contributed by atoms with Crippen LogP contribution < -0.4 is 5.56 Å². The fourth-order valence-electron chi connectivity index (χ4n) is 2.62. The molecule has 1 amide bonds. The van der Waals surface area contributed by atoms with Gasteiger partial charge >= 0.3 is 0 Å². The highest BCUT2D eigenvalue weighted by molar-refractivity contribution is 7.89. The van der Waals surface area contributed by atoms with E-state index in [-0.39, 0.29) is 17.9 Å². The monoisotopic (exact) mass is 356 g/mol. The molecular formula is C15H24N4O4S. The van der Waals surface area contributed by atoms with Gasteiger partial charge in [0.15, 0.2) is 0 Å². The van der Waals surface area contributed by atoms with Crippen molar-refractivity contribution in [3.8, 4) is 0 Å². The van der Waals surface area contributed by atoms with E-state index in [1.165, 1.54) is 15.2 Å². The summed E-state index contributed by atoms with van der Waals surface area (Å²) in [5.41, 5.74) is 0.773. The van der Waals surface area contributed by atoms with Gasteiger partial charge in [-0.25, -0.2) is 13.4 Å². The molecule has 2 heterocycles. The van der Waals surface area contributed by atoms with E-state index < -0.39 is 15.3 Å². The molecule has 0 aromatic carbocycles. The highest BCUT2D eigenvalue weighted by Crippen LogP contribution is 2.13. The smallest absolute Gasteiger partial charge is 0.256 e. The number of sulfonamides is 1. The summed E-state index contributed by atoms with van der Waals surface area (Å²) in [6, 6.07) is 0. The van der Waals surface area contributed by atoms with E-state index in [1.807, 2.05) is 0 Å². The van der Waals surface area contributed by atoms with Gasteiger partial charge in [0.1, 0.15) is 0 Å². The van der Waals surface area contributed by atoms with Crippen molar-refractivity contribution >= 4 is 15.9 Å². The lowest BCUT2D eigenvalue weighted by molar-refractivity contribution is -0.131. The van der Waals surface area contributed by atoms with Crippen LogP contribution in [0.1, 0.15) is 25.1 Å². The third-order valence-electron chi connectivity index (χ3n) is 4.33. The normalized spacial score (nSPS) is 16.6. The Hall–Kier alpha value is -1.74. The first-order chi connectivity index (χ1) is 11.1. The average molecular weight is 356 g/mol. The van der Waals surface area contributed by atoms with Gasteiger partial charge < -0.3 is 9.47 Å². The number of amides is 1. The topological polar surface area (TPSA) is 92.6 Å². The maximum absolute atomic E-state index is 12.4. The van der Waals surface area contributed by atoms with Crippen molar-refractivity contribution in [2.75, 3.05) is 26.2 Å². The molecule has 1 saturated heterocycles. The molecule has 0 spiro atoms. The highest BCUT2D eigenvalue weighted by Gasteiger charge is 2.30. The predicted molar refractivity (Wildman–Crippen MR) is 90.1 cm³/mol. The van der Waals surface area contributed by atoms with Crippen molar-refractivity contribution in [1.29, 1.82) is 0 Å². The largest absolute Gasteiger partial charge is 0.340 e. The summed E-state index contributed by atoms with van der Waals surface area (Å²) >= 11 is 0. The van der Waals surface area contributed by atoms with Gasteiger partial charge in [0, 0.05) is 38.8 Å². The standard InChI is InChI=1S/C15H24N4O4S/c1-11(2)24(22,23)19-7-5-18(6-8-19)14(20)9-13-12(3)15(21)17(4)10-16-13/h10-11H,5-9H2,1-4H3. The van der Waals surface area contributed by atoms with Crippen LogP contribution >= 0.6 is 0 Å². The van der Waals surface area contributed by atoms with Crippen molar-refractivity contribution in [2.24, 2.45) is 7.05 Å². The number of piperazine rings is 1. The molecule has 0 bridgehead atoms. The summed E-state index contributed by atoms with van der Waals surface area (Å²) in [4.78, 5) is 30.1. The lowest BCUT2D eigenvalue weighted by Gasteiger charge is -2.35. The van der Waals surface area contributed by atoms with Crippen molar-refractivity contribution < 1.29 is 13.2 Å². The van der Waals surface area contributed by atoms with Crippen LogP contribution in [0.2, 0.25) is 0 Å². The summed E-state index contributed by atoms with van der Waals surface area (Å²) in [6.07, 6.45) is 1.46. The number of hydrogen-bond acceptors (Lipinski definition) is 5. The Bertz CT molecular complexity index is 777. The second kappa shape index (κ2) is 7.02. The second-order valence-corrected chi connectivity index (χ2v) is 8.77. The second-order valence-electron chi connectivity index (χ2n) is 6.28. The molecule has 0 saturated carbocycles. The molecule has 1 aromatic rings. The zero-order valence-electron chi connectivity index (χ0n) is 14.5. The van der Waals surface area contributed by atoms with E-state index >= 15 is 0 Å². The van der Waals surface area contributed by atoms with Crippen molar-refractivity contribution in [2.45, 2.75) is 32.4 Å². The number of aryl methyl sites for hydroxylation is 1. The van der Waals surface area contributed by atoms with Crippen LogP contribution in [0.4, 0.5) is 0 Å². The van der Waals surface area contributed by atoms with Crippen molar-refractivity contribution in [3.05, 3.63) is 27.9 Å². The SMILES string of the molecule is Cc1c(CC(=O)N2CCN(S(=O)(=O)C(C)C)CC2)ncn(C)c1=O. The number of rotatable bonds is 4. The summed E-state index contributed by atoms with van der Waals surface area (Å²) < 4.78 is 27.1. The maximum atomic E-state index is 12.4. The summed E-state index contributed by atoms with van der Waals surface area (Å²) in [5, 5.41) is -0.466. The van der Waals surface area contributed by atoms with E-state index in [9.17, 15) is 18.0 Å². The van der Waals surface area contributed by atoms with E-state index in [0.717, 1.165) is 0 Å². The number of carbonyl (C=O) groups is 1. The van der Waals surface area contributed by atoms with Gasteiger partial charge in [0.2, 0.25) is 15.9 Å². The zero-order valence-corrected chi connectivity index (χ0v) is 15.3. The Morgan fingerprint density at radius 1 is 1.25 bits per heavy atom. The maximum Gasteiger partial charge on any atom is 0.256 e. The minimum Gasteiger partial charge on any atom is -0.340 e. The van der Waals surface area contributed by atoms with Crippen LogP contribution in [0.25, 0.3) is 0 Å². The molecule has 1 fully saturated rings. The fraction of sp³-hybridized carbons (Fsp3) is 0.667. The quantitative estimate of drug-likeness (QED) is 0.726. The van der Waals surface area contributed by atoms with Crippen LogP contribution in [0.15, 0.2) is 11.1 Å². The molecular weight excluding hydrogens is 332 g/mol. The molecule has 0 unspecified atom stereocenters. The van der Waals surface area contributed by atoms with Gasteiger partial charge in [-0.05, 0) is 20.8 Å². The molecule has 0 radical (unpaired) electrons. The van der Waals surface area contributed by atoms with Crippen molar-refractivity contribution in [1.82, 2.24) is 18.8 Å². The molecule has 2 rings (SSSR count). The van der Waals surface area contributed by atoms with Crippen LogP contribution in [0.5, 0.6) is 0 Å². The molecule has 0 aliphatic carbocycles. The van der Waals surface area contributed by atoms with E-state index in [1.54, 1.807) is 32.7 Å². The van der Waals surface area contributed by atoms with E-state index in [4.69, 9.17) is 0 Å². The summed E-state index contributed by atoms with van der Waals surface area (Å²) in [5.74, 6) is -0.138. The Morgan fingerprint density at radius 2 is 1.83 bits per heavy atom. The number of hydrogen-bond donors (Lipinski definition) is 0. The predicted octanol–water partition coefficient (Wildman–Crippen LogP) is -0.486. The van der Waals surface area contributed by atoms with E-state index in [0.29, 0.717) is 37.4 Å². The minimum absolute atomic E-state index is 0.0544. The lowest BCUT2D eigenvalue weighted by atomic mass is 10.1.